The van der Waals surface area contributed by atoms with Crippen molar-refractivity contribution in [2.24, 2.45) is 11.7 Å². The first-order chi connectivity index (χ1) is 20.2. The van der Waals surface area contributed by atoms with Gasteiger partial charge in [0.15, 0.2) is 15.6 Å². The first-order valence-corrected chi connectivity index (χ1v) is 16.8. The molecule has 9 nitrogen and oxygen atoms in total. The van der Waals surface area contributed by atoms with Crippen LogP contribution in [0, 0.1) is 5.92 Å². The first-order valence-electron chi connectivity index (χ1n) is 14.6. The molecule has 0 saturated carbocycles. The number of nitrogens with two attached hydrogens (primary N) is 1. The lowest BCUT2D eigenvalue weighted by Gasteiger charge is -2.37. The third-order valence-corrected chi connectivity index (χ3v) is 9.92. The summed E-state index contributed by atoms with van der Waals surface area (Å²) in [7, 11) is -3.74. The number of sulfone groups is 1. The molecule has 2 heterocycles. The Kier molecular flexibility index (Phi) is 11.5. The zero-order valence-electron chi connectivity index (χ0n) is 23.9. The Hall–Kier alpha value is -2.79. The maximum absolute atomic E-state index is 14.1. The van der Waals surface area contributed by atoms with Crippen molar-refractivity contribution in [3.63, 3.8) is 0 Å². The summed E-state index contributed by atoms with van der Waals surface area (Å²) in [6.07, 6.45) is 2.41. The topological polar surface area (TPSA) is 127 Å². The van der Waals surface area contributed by atoms with E-state index in [2.05, 4.69) is 0 Å². The number of piperidine rings is 1. The van der Waals surface area contributed by atoms with E-state index >= 15 is 0 Å². The molecule has 0 bridgehead atoms. The Bertz CT molecular complexity index is 1350. The summed E-state index contributed by atoms with van der Waals surface area (Å²) < 4.78 is 32.0. The highest BCUT2D eigenvalue weighted by Crippen LogP contribution is 2.26. The lowest BCUT2D eigenvalue weighted by atomic mass is 9.92. The van der Waals surface area contributed by atoms with E-state index in [0.29, 0.717) is 69.2 Å². The zero-order chi connectivity index (χ0) is 30.1. The Morgan fingerprint density at radius 2 is 1.74 bits per heavy atom. The number of hydrogen-bond donors (Lipinski definition) is 1. The summed E-state index contributed by atoms with van der Waals surface area (Å²) in [5.74, 6) is -2.58. The second kappa shape index (κ2) is 15.1. The third kappa shape index (κ3) is 8.86. The number of morpholine rings is 1. The van der Waals surface area contributed by atoms with Gasteiger partial charge >= 0.3 is 0 Å². The maximum Gasteiger partial charge on any atom is 0.227 e. The van der Waals surface area contributed by atoms with Crippen molar-refractivity contribution in [2.45, 2.75) is 56.9 Å². The van der Waals surface area contributed by atoms with Gasteiger partial charge in [0.1, 0.15) is 0 Å². The van der Waals surface area contributed by atoms with Gasteiger partial charge in [0.25, 0.3) is 0 Å². The average Bonchev–Trinajstić information content (AvgIpc) is 2.99. The van der Waals surface area contributed by atoms with Crippen LogP contribution in [0.3, 0.4) is 0 Å². The normalized spacial score (nSPS) is 18.5. The average molecular weight is 618 g/mol. The summed E-state index contributed by atoms with van der Waals surface area (Å²) in [6.45, 7) is 2.27. The molecule has 2 aromatic carbocycles. The Balaban J connectivity index is 1.52. The number of ketones is 1. The molecule has 11 heteroatoms. The fourth-order valence-corrected chi connectivity index (χ4v) is 7.67. The molecule has 0 unspecified atom stereocenters. The van der Waals surface area contributed by atoms with Crippen molar-refractivity contribution in [3.8, 4) is 0 Å². The number of ether oxygens (including phenoxy) is 1. The summed E-state index contributed by atoms with van der Waals surface area (Å²) in [6, 6.07) is 13.5. The van der Waals surface area contributed by atoms with E-state index in [1.807, 2.05) is 12.1 Å². The van der Waals surface area contributed by atoms with Gasteiger partial charge in [0.05, 0.1) is 36.7 Å². The zero-order valence-corrected chi connectivity index (χ0v) is 25.5. The maximum atomic E-state index is 14.1. The molecule has 0 aliphatic carbocycles. The largest absolute Gasteiger partial charge is 0.378 e. The van der Waals surface area contributed by atoms with Crippen LogP contribution < -0.4 is 5.73 Å². The van der Waals surface area contributed by atoms with Gasteiger partial charge in [0.2, 0.25) is 11.8 Å². The van der Waals surface area contributed by atoms with Crippen LogP contribution in [0.5, 0.6) is 0 Å². The summed E-state index contributed by atoms with van der Waals surface area (Å²) >= 11 is 6.17. The molecule has 0 spiro atoms. The van der Waals surface area contributed by atoms with E-state index in [4.69, 9.17) is 22.1 Å². The van der Waals surface area contributed by atoms with Crippen LogP contribution in [-0.2, 0) is 47.7 Å². The second-order valence-electron chi connectivity index (χ2n) is 11.1. The molecule has 228 valence electrons. The van der Waals surface area contributed by atoms with Crippen LogP contribution in [0.2, 0.25) is 5.02 Å². The Labute approximate surface area is 253 Å². The lowest BCUT2D eigenvalue weighted by Crippen LogP contribution is -2.52. The number of carbonyl (C=O) groups excluding carboxylic acids is 3. The predicted octanol–water partition coefficient (Wildman–Crippen LogP) is 3.16. The minimum Gasteiger partial charge on any atom is -0.378 e. The molecule has 2 fully saturated rings. The van der Waals surface area contributed by atoms with E-state index in [1.165, 1.54) is 4.90 Å². The number of hydrogen-bond acceptors (Lipinski definition) is 7. The van der Waals surface area contributed by atoms with Crippen LogP contribution in [-0.4, -0.2) is 80.5 Å². The van der Waals surface area contributed by atoms with Gasteiger partial charge in [-0.1, -0.05) is 48.0 Å². The monoisotopic (exact) mass is 617 g/mol. The number of halogens is 1. The molecule has 2 saturated heterocycles. The van der Waals surface area contributed by atoms with Gasteiger partial charge in [-0.3, -0.25) is 14.4 Å². The van der Waals surface area contributed by atoms with E-state index < -0.39 is 33.5 Å². The summed E-state index contributed by atoms with van der Waals surface area (Å²) in [5.41, 5.74) is 8.29. The molecular formula is C31H40ClN3O6S. The van der Waals surface area contributed by atoms with Crippen molar-refractivity contribution in [1.29, 1.82) is 0 Å². The highest BCUT2D eigenvalue weighted by Gasteiger charge is 2.38. The van der Waals surface area contributed by atoms with Crippen LogP contribution in [0.1, 0.15) is 48.8 Å². The van der Waals surface area contributed by atoms with E-state index in [0.717, 1.165) is 17.5 Å². The van der Waals surface area contributed by atoms with E-state index in [9.17, 15) is 22.8 Å². The molecule has 2 aromatic rings. The summed E-state index contributed by atoms with van der Waals surface area (Å²) in [5, 5.41) is 0.564. The van der Waals surface area contributed by atoms with Gasteiger partial charge in [0, 0.05) is 44.0 Å². The number of nitrogens with zero attached hydrogens (tertiary/aromatic N) is 2. The number of likely N-dealkylation sites (tertiary alicyclic amines) is 1. The van der Waals surface area contributed by atoms with Crippen LogP contribution >= 0.6 is 11.6 Å². The number of rotatable bonds is 12. The fourth-order valence-electron chi connectivity index (χ4n) is 5.78. The van der Waals surface area contributed by atoms with Crippen LogP contribution in [0.25, 0.3) is 0 Å². The number of benzene rings is 2. The fraction of sp³-hybridized carbons (Fsp3) is 0.516. The van der Waals surface area contributed by atoms with Crippen molar-refractivity contribution < 1.29 is 27.5 Å². The summed E-state index contributed by atoms with van der Waals surface area (Å²) in [4.78, 5) is 44.0. The highest BCUT2D eigenvalue weighted by atomic mass is 35.5. The van der Waals surface area contributed by atoms with Crippen molar-refractivity contribution in [3.05, 3.63) is 70.2 Å². The number of aryl methyl sites for hydroxylation is 1. The number of carbonyl (C=O) groups is 3. The molecular weight excluding hydrogens is 578 g/mol. The molecule has 2 N–H and O–H groups in total. The van der Waals surface area contributed by atoms with Crippen molar-refractivity contribution in [2.75, 3.05) is 38.6 Å². The Morgan fingerprint density at radius 1 is 1.00 bits per heavy atom. The molecule has 42 heavy (non-hydrogen) atoms. The molecule has 0 aromatic heterocycles. The standard InChI is InChI=1S/C31H40ClN3O6S/c32-27-11-9-25(20-33)24(18-27)10-12-29(36)28-8-4-5-13-35(28)31(38)26(19-30(37)34-14-16-41-17-15-34)22-42(39,40)21-23-6-2-1-3-7-23/h1-3,6-7,9,11,18,26,28H,4-5,8,10,12-17,19-22,33H2/t26-,28-/m0/s1. The van der Waals surface area contributed by atoms with Gasteiger partial charge in [-0.15, -0.1) is 0 Å². The van der Waals surface area contributed by atoms with E-state index in [-0.39, 0.29) is 30.3 Å². The smallest absolute Gasteiger partial charge is 0.227 e. The van der Waals surface area contributed by atoms with E-state index in [1.54, 1.807) is 41.3 Å². The van der Waals surface area contributed by atoms with Gasteiger partial charge in [-0.05, 0) is 54.5 Å². The molecule has 0 radical (unpaired) electrons. The lowest BCUT2D eigenvalue weighted by molar-refractivity contribution is -0.147. The highest BCUT2D eigenvalue weighted by molar-refractivity contribution is 7.90. The molecule has 2 amide bonds. The van der Waals surface area contributed by atoms with Gasteiger partial charge < -0.3 is 20.3 Å². The minimum absolute atomic E-state index is 0.0867. The molecule has 2 atom stereocenters. The van der Waals surface area contributed by atoms with Crippen LogP contribution in [0.4, 0.5) is 0 Å². The predicted molar refractivity (Wildman–Crippen MR) is 161 cm³/mol. The van der Waals surface area contributed by atoms with Crippen molar-refractivity contribution in [1.82, 2.24) is 9.80 Å². The van der Waals surface area contributed by atoms with Crippen LogP contribution in [0.15, 0.2) is 48.5 Å². The molecule has 2 aliphatic rings. The SMILES string of the molecule is NCc1ccc(Cl)cc1CCC(=O)[C@@H]1CCCCN1C(=O)[C@@H](CC(=O)N1CCOCC1)CS(=O)(=O)Cc1ccccc1. The number of Topliss-reactive ketones (excluding diaryl/α,β-unsaturated/α-hetero) is 1. The quantitative estimate of drug-likeness (QED) is 0.388. The second-order valence-corrected chi connectivity index (χ2v) is 13.6. The van der Waals surface area contributed by atoms with Gasteiger partial charge in [-0.25, -0.2) is 8.42 Å². The first kappa shape index (κ1) is 32.1. The minimum atomic E-state index is -3.74. The number of amides is 2. The Morgan fingerprint density at radius 3 is 2.45 bits per heavy atom. The molecule has 4 rings (SSSR count). The third-order valence-electron chi connectivity index (χ3n) is 8.01. The van der Waals surface area contributed by atoms with Crippen molar-refractivity contribution >= 4 is 39.0 Å². The molecule has 2 aliphatic heterocycles. The van der Waals surface area contributed by atoms with Gasteiger partial charge in [-0.2, -0.15) is 0 Å².